The van der Waals surface area contributed by atoms with Crippen LogP contribution in [-0.4, -0.2) is 56.8 Å². The molecule has 1 aliphatic heterocycles. The highest BCUT2D eigenvalue weighted by Gasteiger charge is 2.08. The molecule has 1 saturated heterocycles. The van der Waals surface area contributed by atoms with Gasteiger partial charge in [0.25, 0.3) is 0 Å². The van der Waals surface area contributed by atoms with Gasteiger partial charge in [-0.05, 0) is 18.9 Å². The molecule has 0 radical (unpaired) electrons. The molecule has 0 bridgehead atoms. The maximum absolute atomic E-state index is 5.75. The lowest BCUT2D eigenvalue weighted by molar-refractivity contribution is 0.0376. The van der Waals surface area contributed by atoms with Gasteiger partial charge in [-0.3, -0.25) is 9.89 Å². The number of halogens is 1. The fraction of sp³-hybridized carbons (Fsp3) is 0.917. The van der Waals surface area contributed by atoms with Crippen LogP contribution in [0.5, 0.6) is 0 Å². The molecule has 0 aliphatic carbocycles. The van der Waals surface area contributed by atoms with Crippen LogP contribution < -0.4 is 11.1 Å². The van der Waals surface area contributed by atoms with E-state index < -0.39 is 0 Å². The highest BCUT2D eigenvalue weighted by Crippen LogP contribution is 1.97. The summed E-state index contributed by atoms with van der Waals surface area (Å²) < 4.78 is 5.30. The molecule has 0 saturated carbocycles. The van der Waals surface area contributed by atoms with Gasteiger partial charge in [0.2, 0.25) is 0 Å². The predicted molar refractivity (Wildman–Crippen MR) is 86.6 cm³/mol. The Labute approximate surface area is 128 Å². The quantitative estimate of drug-likeness (QED) is 0.316. The first-order valence-electron chi connectivity index (χ1n) is 6.52. The molecule has 1 rings (SSSR count). The van der Waals surface area contributed by atoms with Gasteiger partial charge in [-0.25, -0.2) is 0 Å². The van der Waals surface area contributed by atoms with Gasteiger partial charge in [0.15, 0.2) is 5.96 Å². The van der Waals surface area contributed by atoms with Crippen LogP contribution in [0.3, 0.4) is 0 Å². The summed E-state index contributed by atoms with van der Waals surface area (Å²) in [6.07, 6.45) is 1.10. The highest BCUT2D eigenvalue weighted by atomic mass is 127. The Morgan fingerprint density at radius 3 is 2.67 bits per heavy atom. The number of nitrogens with one attached hydrogen (secondary N) is 1. The molecule has 108 valence electrons. The number of hydrogen-bond acceptors (Lipinski definition) is 3. The topological polar surface area (TPSA) is 62.9 Å². The Balaban J connectivity index is 0.00000289. The van der Waals surface area contributed by atoms with E-state index in [-0.39, 0.29) is 24.0 Å². The average molecular weight is 370 g/mol. The van der Waals surface area contributed by atoms with Gasteiger partial charge in [0, 0.05) is 26.2 Å². The third-order valence-electron chi connectivity index (χ3n) is 2.69. The lowest BCUT2D eigenvalue weighted by atomic mass is 10.2. The molecular formula is C12H27IN4O. The number of ether oxygens (including phenoxy) is 1. The fourth-order valence-corrected chi connectivity index (χ4v) is 1.68. The summed E-state index contributed by atoms with van der Waals surface area (Å²) in [7, 11) is 0. The zero-order valence-corrected chi connectivity index (χ0v) is 13.9. The number of rotatable bonds is 6. The minimum absolute atomic E-state index is 0. The van der Waals surface area contributed by atoms with Crippen LogP contribution in [0.4, 0.5) is 0 Å². The largest absolute Gasteiger partial charge is 0.379 e. The molecule has 0 unspecified atom stereocenters. The summed E-state index contributed by atoms with van der Waals surface area (Å²) in [5, 5.41) is 3.15. The summed E-state index contributed by atoms with van der Waals surface area (Å²) in [4.78, 5) is 6.68. The Morgan fingerprint density at radius 2 is 2.06 bits per heavy atom. The lowest BCUT2D eigenvalue weighted by Gasteiger charge is -2.26. The third-order valence-corrected chi connectivity index (χ3v) is 2.69. The van der Waals surface area contributed by atoms with Crippen molar-refractivity contribution in [3.8, 4) is 0 Å². The first-order chi connectivity index (χ1) is 8.18. The summed E-state index contributed by atoms with van der Waals surface area (Å²) in [6, 6.07) is 0. The first-order valence-corrected chi connectivity index (χ1v) is 6.52. The van der Waals surface area contributed by atoms with Crippen LogP contribution >= 0.6 is 24.0 Å². The maximum atomic E-state index is 5.75. The first kappa shape index (κ1) is 17.9. The number of guanidine groups is 1. The molecule has 0 aromatic heterocycles. The summed E-state index contributed by atoms with van der Waals surface area (Å²) in [5.41, 5.74) is 5.75. The SMILES string of the molecule is CC(C)CN=C(N)NCCCN1CCOCC1.I. The van der Waals surface area contributed by atoms with Crippen molar-refractivity contribution in [3.05, 3.63) is 0 Å². The molecule has 0 spiro atoms. The molecule has 0 atom stereocenters. The third kappa shape index (κ3) is 8.93. The van der Waals surface area contributed by atoms with E-state index in [1.54, 1.807) is 0 Å². The molecule has 1 heterocycles. The Morgan fingerprint density at radius 1 is 1.39 bits per heavy atom. The summed E-state index contributed by atoms with van der Waals surface area (Å²) in [5.74, 6) is 1.13. The van der Waals surface area contributed by atoms with Crippen molar-refractivity contribution in [2.75, 3.05) is 45.9 Å². The van der Waals surface area contributed by atoms with Crippen molar-refractivity contribution in [2.24, 2.45) is 16.6 Å². The molecule has 0 amide bonds. The van der Waals surface area contributed by atoms with Gasteiger partial charge in [0.1, 0.15) is 0 Å². The zero-order valence-electron chi connectivity index (χ0n) is 11.5. The molecule has 6 heteroatoms. The molecule has 3 N–H and O–H groups in total. The van der Waals surface area contributed by atoms with E-state index in [0.29, 0.717) is 11.9 Å². The van der Waals surface area contributed by atoms with E-state index in [1.165, 1.54) is 0 Å². The van der Waals surface area contributed by atoms with Crippen LogP contribution in [0.2, 0.25) is 0 Å². The van der Waals surface area contributed by atoms with Gasteiger partial charge in [-0.1, -0.05) is 13.8 Å². The molecule has 0 aromatic carbocycles. The van der Waals surface area contributed by atoms with Crippen molar-refractivity contribution in [1.29, 1.82) is 0 Å². The number of morpholine rings is 1. The van der Waals surface area contributed by atoms with Crippen LogP contribution in [-0.2, 0) is 4.74 Å². The minimum Gasteiger partial charge on any atom is -0.379 e. The van der Waals surface area contributed by atoms with Crippen molar-refractivity contribution in [3.63, 3.8) is 0 Å². The van der Waals surface area contributed by atoms with Crippen LogP contribution in [0.25, 0.3) is 0 Å². The number of hydrogen-bond donors (Lipinski definition) is 2. The number of nitrogens with zero attached hydrogens (tertiary/aromatic N) is 2. The minimum atomic E-state index is 0. The molecular weight excluding hydrogens is 343 g/mol. The second-order valence-electron chi connectivity index (χ2n) is 4.85. The second-order valence-corrected chi connectivity index (χ2v) is 4.85. The Bertz CT molecular complexity index is 230. The van der Waals surface area contributed by atoms with Gasteiger partial charge in [0.05, 0.1) is 13.2 Å². The number of aliphatic imine (C=N–C) groups is 1. The number of nitrogens with two attached hydrogens (primary N) is 1. The van der Waals surface area contributed by atoms with E-state index in [0.717, 1.165) is 52.4 Å². The van der Waals surface area contributed by atoms with Gasteiger partial charge in [-0.2, -0.15) is 0 Å². The van der Waals surface area contributed by atoms with Crippen LogP contribution in [0, 0.1) is 5.92 Å². The maximum Gasteiger partial charge on any atom is 0.188 e. The molecule has 0 aromatic rings. The monoisotopic (exact) mass is 370 g/mol. The smallest absolute Gasteiger partial charge is 0.188 e. The van der Waals surface area contributed by atoms with E-state index in [2.05, 4.69) is 29.1 Å². The van der Waals surface area contributed by atoms with Crippen LogP contribution in [0.15, 0.2) is 4.99 Å². The molecule has 1 aliphatic rings. The van der Waals surface area contributed by atoms with E-state index >= 15 is 0 Å². The highest BCUT2D eigenvalue weighted by molar-refractivity contribution is 14.0. The van der Waals surface area contributed by atoms with Gasteiger partial charge < -0.3 is 15.8 Å². The normalized spacial score (nSPS) is 17.6. The summed E-state index contributed by atoms with van der Waals surface area (Å²) in [6.45, 7) is 10.9. The van der Waals surface area contributed by atoms with Crippen molar-refractivity contribution < 1.29 is 4.74 Å². The molecule has 5 nitrogen and oxygen atoms in total. The van der Waals surface area contributed by atoms with Crippen molar-refractivity contribution >= 4 is 29.9 Å². The zero-order chi connectivity index (χ0) is 12.5. The average Bonchev–Trinajstić information content (AvgIpc) is 2.33. The van der Waals surface area contributed by atoms with Gasteiger partial charge in [-0.15, -0.1) is 24.0 Å². The van der Waals surface area contributed by atoms with E-state index in [9.17, 15) is 0 Å². The lowest BCUT2D eigenvalue weighted by Crippen LogP contribution is -2.39. The molecule has 18 heavy (non-hydrogen) atoms. The Kier molecular flexibility index (Phi) is 10.8. The van der Waals surface area contributed by atoms with E-state index in [1.807, 2.05) is 0 Å². The second kappa shape index (κ2) is 10.8. The van der Waals surface area contributed by atoms with Crippen molar-refractivity contribution in [2.45, 2.75) is 20.3 Å². The summed E-state index contributed by atoms with van der Waals surface area (Å²) >= 11 is 0. The van der Waals surface area contributed by atoms with E-state index in [4.69, 9.17) is 10.5 Å². The predicted octanol–water partition coefficient (Wildman–Crippen LogP) is 0.887. The van der Waals surface area contributed by atoms with Crippen molar-refractivity contribution in [1.82, 2.24) is 10.2 Å². The molecule has 1 fully saturated rings. The van der Waals surface area contributed by atoms with Crippen LogP contribution in [0.1, 0.15) is 20.3 Å². The Hall–Kier alpha value is -0.0800. The standard InChI is InChI=1S/C12H26N4O.HI/c1-11(2)10-15-12(13)14-4-3-5-16-6-8-17-9-7-16;/h11H,3-10H2,1-2H3,(H3,13,14,15);1H. The fourth-order valence-electron chi connectivity index (χ4n) is 1.68. The van der Waals surface area contributed by atoms with Gasteiger partial charge >= 0.3 is 0 Å².